The minimum absolute atomic E-state index is 0.0104. The molecule has 1 atom stereocenters. The third-order valence-corrected chi connectivity index (χ3v) is 3.88. The first kappa shape index (κ1) is 12.3. The summed E-state index contributed by atoms with van der Waals surface area (Å²) in [5.74, 6) is 0. The Morgan fingerprint density at radius 3 is 2.31 bits per heavy atom. The monoisotopic (exact) mass is 225 g/mol. The van der Waals surface area contributed by atoms with Crippen LogP contribution < -0.4 is 5.73 Å². The van der Waals surface area contributed by atoms with Gasteiger partial charge in [0.25, 0.3) is 0 Å². The molecular formula is C13H27N3. The second-order valence-corrected chi connectivity index (χ2v) is 5.95. The van der Waals surface area contributed by atoms with Gasteiger partial charge in [-0.1, -0.05) is 13.3 Å². The molecule has 0 aromatic heterocycles. The molecule has 2 rings (SSSR count). The number of hydrogen-bond donors (Lipinski definition) is 1. The zero-order valence-corrected chi connectivity index (χ0v) is 10.9. The molecule has 0 bridgehead atoms. The summed E-state index contributed by atoms with van der Waals surface area (Å²) in [4.78, 5) is 5.21. The maximum absolute atomic E-state index is 6.31. The van der Waals surface area contributed by atoms with Crippen LogP contribution in [0.5, 0.6) is 0 Å². The molecule has 1 heterocycles. The van der Waals surface area contributed by atoms with Gasteiger partial charge in [-0.25, -0.2) is 0 Å². The lowest BCUT2D eigenvalue weighted by Crippen LogP contribution is -2.54. The fourth-order valence-corrected chi connectivity index (χ4v) is 2.89. The Morgan fingerprint density at radius 1 is 1.19 bits per heavy atom. The van der Waals surface area contributed by atoms with Crippen LogP contribution in [-0.4, -0.2) is 54.1 Å². The Bertz CT molecular complexity index is 215. The molecule has 16 heavy (non-hydrogen) atoms. The summed E-state index contributed by atoms with van der Waals surface area (Å²) < 4.78 is 0. The van der Waals surface area contributed by atoms with E-state index in [1.807, 2.05) is 0 Å². The van der Waals surface area contributed by atoms with E-state index in [0.29, 0.717) is 0 Å². The van der Waals surface area contributed by atoms with Crippen LogP contribution in [0.2, 0.25) is 0 Å². The van der Waals surface area contributed by atoms with Gasteiger partial charge in [-0.3, -0.25) is 9.80 Å². The molecule has 0 spiro atoms. The van der Waals surface area contributed by atoms with Gasteiger partial charge in [0.2, 0.25) is 0 Å². The van der Waals surface area contributed by atoms with E-state index >= 15 is 0 Å². The van der Waals surface area contributed by atoms with Crippen LogP contribution in [0.1, 0.15) is 39.5 Å². The van der Waals surface area contributed by atoms with Gasteiger partial charge in [0.05, 0.1) is 0 Å². The van der Waals surface area contributed by atoms with E-state index in [2.05, 4.69) is 23.6 Å². The van der Waals surface area contributed by atoms with E-state index in [1.54, 1.807) is 0 Å². The first-order valence-electron chi connectivity index (χ1n) is 6.86. The summed E-state index contributed by atoms with van der Waals surface area (Å²) in [6.07, 6.45) is 5.19. The van der Waals surface area contributed by atoms with Gasteiger partial charge in [-0.05, 0) is 26.2 Å². The van der Waals surface area contributed by atoms with Gasteiger partial charge in [-0.2, -0.15) is 0 Å². The van der Waals surface area contributed by atoms with E-state index in [0.717, 1.165) is 19.0 Å². The molecule has 94 valence electrons. The minimum atomic E-state index is 0.0104. The first-order chi connectivity index (χ1) is 7.61. The van der Waals surface area contributed by atoms with E-state index in [9.17, 15) is 0 Å². The van der Waals surface area contributed by atoms with Crippen molar-refractivity contribution < 1.29 is 0 Å². The minimum Gasteiger partial charge on any atom is -0.324 e. The van der Waals surface area contributed by atoms with E-state index in [1.165, 1.54) is 45.4 Å². The van der Waals surface area contributed by atoms with Crippen molar-refractivity contribution in [3.63, 3.8) is 0 Å². The number of nitrogens with two attached hydrogens (primary N) is 1. The van der Waals surface area contributed by atoms with Crippen LogP contribution in [0, 0.1) is 0 Å². The van der Waals surface area contributed by atoms with E-state index in [-0.39, 0.29) is 5.54 Å². The van der Waals surface area contributed by atoms with Crippen molar-refractivity contribution in [3.8, 4) is 0 Å². The smallest absolute Gasteiger partial charge is 0.0254 e. The van der Waals surface area contributed by atoms with Crippen LogP contribution in [0.3, 0.4) is 0 Å². The molecule has 0 aromatic carbocycles. The molecule has 0 amide bonds. The fourth-order valence-electron chi connectivity index (χ4n) is 2.89. The SMILES string of the molecule is CCCC(C)(N)CN1CCN(C2CC2)CC1. The Hall–Kier alpha value is -0.120. The molecule has 3 heteroatoms. The van der Waals surface area contributed by atoms with Crippen LogP contribution in [0.15, 0.2) is 0 Å². The molecule has 1 aliphatic heterocycles. The van der Waals surface area contributed by atoms with Crippen molar-refractivity contribution in [1.29, 1.82) is 0 Å². The Balaban J connectivity index is 1.71. The standard InChI is InChI=1S/C13H27N3/c1-3-6-13(2,14)11-15-7-9-16(10-8-15)12-4-5-12/h12H,3-11,14H2,1-2H3. The van der Waals surface area contributed by atoms with Gasteiger partial charge >= 0.3 is 0 Å². The lowest BCUT2D eigenvalue weighted by atomic mass is 9.96. The first-order valence-corrected chi connectivity index (χ1v) is 6.86. The second kappa shape index (κ2) is 5.03. The van der Waals surface area contributed by atoms with Crippen molar-refractivity contribution in [2.24, 2.45) is 5.73 Å². The molecule has 0 aromatic rings. The van der Waals surface area contributed by atoms with Crippen LogP contribution in [0.4, 0.5) is 0 Å². The molecule has 2 N–H and O–H groups in total. The van der Waals surface area contributed by atoms with Gasteiger partial charge < -0.3 is 5.73 Å². The van der Waals surface area contributed by atoms with Crippen molar-refractivity contribution in [3.05, 3.63) is 0 Å². The van der Waals surface area contributed by atoms with Gasteiger partial charge in [0.1, 0.15) is 0 Å². The zero-order valence-electron chi connectivity index (χ0n) is 10.9. The molecule has 1 saturated heterocycles. The summed E-state index contributed by atoms with van der Waals surface area (Å²) in [6, 6.07) is 0.932. The second-order valence-electron chi connectivity index (χ2n) is 5.95. The Labute approximate surface area is 100.0 Å². The van der Waals surface area contributed by atoms with Crippen LogP contribution in [-0.2, 0) is 0 Å². The van der Waals surface area contributed by atoms with Crippen LogP contribution in [0.25, 0.3) is 0 Å². The summed E-state index contributed by atoms with van der Waals surface area (Å²) in [5.41, 5.74) is 6.32. The predicted molar refractivity (Wildman–Crippen MR) is 68.5 cm³/mol. The maximum Gasteiger partial charge on any atom is 0.0254 e. The highest BCUT2D eigenvalue weighted by atomic mass is 15.3. The lowest BCUT2D eigenvalue weighted by molar-refractivity contribution is 0.106. The Kier molecular flexibility index (Phi) is 3.88. The molecule has 3 nitrogen and oxygen atoms in total. The number of nitrogens with zero attached hydrogens (tertiary/aromatic N) is 2. The molecule has 0 radical (unpaired) electrons. The number of hydrogen-bond acceptors (Lipinski definition) is 3. The number of rotatable bonds is 5. The average Bonchev–Trinajstić information content (AvgIpc) is 3.01. The zero-order chi connectivity index (χ0) is 11.6. The summed E-state index contributed by atoms with van der Waals surface area (Å²) in [6.45, 7) is 10.4. The molecule has 1 aliphatic carbocycles. The highest BCUT2D eigenvalue weighted by molar-refractivity contribution is 4.90. The average molecular weight is 225 g/mol. The van der Waals surface area contributed by atoms with Gasteiger partial charge in [0, 0.05) is 44.3 Å². The summed E-state index contributed by atoms with van der Waals surface area (Å²) >= 11 is 0. The topological polar surface area (TPSA) is 32.5 Å². The largest absolute Gasteiger partial charge is 0.324 e. The summed E-state index contributed by atoms with van der Waals surface area (Å²) in [7, 11) is 0. The third kappa shape index (κ3) is 3.44. The van der Waals surface area contributed by atoms with Gasteiger partial charge in [0.15, 0.2) is 0 Å². The van der Waals surface area contributed by atoms with Crippen molar-refractivity contribution >= 4 is 0 Å². The third-order valence-electron chi connectivity index (χ3n) is 3.88. The van der Waals surface area contributed by atoms with Gasteiger partial charge in [-0.15, -0.1) is 0 Å². The summed E-state index contributed by atoms with van der Waals surface area (Å²) in [5, 5.41) is 0. The van der Waals surface area contributed by atoms with E-state index < -0.39 is 0 Å². The molecule has 1 saturated carbocycles. The van der Waals surface area contributed by atoms with Crippen molar-refractivity contribution in [2.75, 3.05) is 32.7 Å². The molecule has 2 aliphatic rings. The molecular weight excluding hydrogens is 198 g/mol. The Morgan fingerprint density at radius 2 is 1.81 bits per heavy atom. The predicted octanol–water partition coefficient (Wildman–Crippen LogP) is 1.28. The highest BCUT2D eigenvalue weighted by Crippen LogP contribution is 2.27. The maximum atomic E-state index is 6.31. The molecule has 2 fully saturated rings. The van der Waals surface area contributed by atoms with Crippen LogP contribution >= 0.6 is 0 Å². The van der Waals surface area contributed by atoms with Crippen molar-refractivity contribution in [2.45, 2.75) is 51.1 Å². The number of piperazine rings is 1. The normalized spacial score (nSPS) is 27.9. The van der Waals surface area contributed by atoms with E-state index in [4.69, 9.17) is 5.73 Å². The quantitative estimate of drug-likeness (QED) is 0.765. The highest BCUT2D eigenvalue weighted by Gasteiger charge is 2.32. The van der Waals surface area contributed by atoms with Crippen molar-refractivity contribution in [1.82, 2.24) is 9.80 Å². The molecule has 1 unspecified atom stereocenters. The fraction of sp³-hybridized carbons (Fsp3) is 1.00. The lowest BCUT2D eigenvalue weighted by Gasteiger charge is -2.39.